The van der Waals surface area contributed by atoms with E-state index in [1.807, 2.05) is 41.9 Å². The third-order valence-electron chi connectivity index (χ3n) is 4.93. The van der Waals surface area contributed by atoms with Gasteiger partial charge in [0.15, 0.2) is 0 Å². The van der Waals surface area contributed by atoms with E-state index in [1.165, 1.54) is 5.56 Å². The summed E-state index contributed by atoms with van der Waals surface area (Å²) in [6, 6.07) is 16.2. The normalized spacial score (nSPS) is 14.6. The van der Waals surface area contributed by atoms with Crippen LogP contribution >= 0.6 is 0 Å². The summed E-state index contributed by atoms with van der Waals surface area (Å²) in [6.45, 7) is 5.39. The molecule has 26 heavy (non-hydrogen) atoms. The Morgan fingerprint density at radius 1 is 1.04 bits per heavy atom. The molecule has 5 heteroatoms. The van der Waals surface area contributed by atoms with Gasteiger partial charge >= 0.3 is 0 Å². The summed E-state index contributed by atoms with van der Waals surface area (Å²) >= 11 is 0. The van der Waals surface area contributed by atoms with Gasteiger partial charge in [-0.05, 0) is 49.4 Å². The van der Waals surface area contributed by atoms with Gasteiger partial charge in [-0.25, -0.2) is 0 Å². The Hall–Kier alpha value is -2.79. The third-order valence-corrected chi connectivity index (χ3v) is 4.93. The van der Waals surface area contributed by atoms with E-state index in [1.54, 1.807) is 0 Å². The number of nitrogens with one attached hydrogen (secondary N) is 1. The second-order valence-electron chi connectivity index (χ2n) is 6.75. The molecular formula is C21H23N3O2. The van der Waals surface area contributed by atoms with Crippen molar-refractivity contribution in [2.24, 2.45) is 7.05 Å². The molecule has 2 aromatic carbocycles. The number of hydrogen-bond acceptors (Lipinski definition) is 3. The van der Waals surface area contributed by atoms with Gasteiger partial charge in [0.1, 0.15) is 5.69 Å². The van der Waals surface area contributed by atoms with Crippen molar-refractivity contribution in [2.45, 2.75) is 6.92 Å². The van der Waals surface area contributed by atoms with Gasteiger partial charge < -0.3 is 19.5 Å². The van der Waals surface area contributed by atoms with Crippen molar-refractivity contribution in [3.05, 3.63) is 59.8 Å². The minimum Gasteiger partial charge on any atom is -0.378 e. The molecule has 1 saturated heterocycles. The van der Waals surface area contributed by atoms with Gasteiger partial charge in [-0.1, -0.05) is 11.6 Å². The Labute approximate surface area is 153 Å². The molecule has 0 atom stereocenters. The smallest absolute Gasteiger partial charge is 0.272 e. The number of morpholine rings is 1. The minimum absolute atomic E-state index is 0.0968. The standard InChI is InChI=1S/C21H23N3O2/c1-15-3-8-19-16(13-15)14-20(23(19)2)21(25)22-17-4-6-18(7-5-17)24-9-11-26-12-10-24/h3-8,13-14H,9-12H2,1-2H3,(H,22,25). The van der Waals surface area contributed by atoms with Crippen LogP contribution in [0, 0.1) is 6.92 Å². The zero-order chi connectivity index (χ0) is 18.1. The number of ether oxygens (including phenoxy) is 1. The number of aryl methyl sites for hydroxylation is 2. The maximum Gasteiger partial charge on any atom is 0.272 e. The average molecular weight is 349 g/mol. The van der Waals surface area contributed by atoms with E-state index in [2.05, 4.69) is 35.3 Å². The predicted octanol–water partition coefficient (Wildman–Crippen LogP) is 3.58. The predicted molar refractivity (Wildman–Crippen MR) is 105 cm³/mol. The van der Waals surface area contributed by atoms with Gasteiger partial charge in [0.2, 0.25) is 0 Å². The molecule has 0 bridgehead atoms. The van der Waals surface area contributed by atoms with E-state index in [0.717, 1.165) is 48.6 Å². The van der Waals surface area contributed by atoms with Crippen molar-refractivity contribution in [3.63, 3.8) is 0 Å². The zero-order valence-electron chi connectivity index (χ0n) is 15.2. The average Bonchev–Trinajstić information content (AvgIpc) is 2.99. The van der Waals surface area contributed by atoms with E-state index in [9.17, 15) is 4.79 Å². The fourth-order valence-corrected chi connectivity index (χ4v) is 3.46. The number of anilines is 2. The summed E-state index contributed by atoms with van der Waals surface area (Å²) in [4.78, 5) is 15.0. The Balaban J connectivity index is 1.52. The molecule has 2 heterocycles. The van der Waals surface area contributed by atoms with Crippen LogP contribution in [0.5, 0.6) is 0 Å². The second kappa shape index (κ2) is 6.84. The van der Waals surface area contributed by atoms with Crippen LogP contribution < -0.4 is 10.2 Å². The highest BCUT2D eigenvalue weighted by Crippen LogP contribution is 2.22. The molecule has 5 nitrogen and oxygen atoms in total. The summed E-state index contributed by atoms with van der Waals surface area (Å²) in [5.74, 6) is -0.0968. The first-order valence-electron chi connectivity index (χ1n) is 8.92. The van der Waals surface area contributed by atoms with E-state index < -0.39 is 0 Å². The molecule has 134 valence electrons. The Morgan fingerprint density at radius 3 is 2.50 bits per heavy atom. The van der Waals surface area contributed by atoms with E-state index in [4.69, 9.17) is 4.74 Å². The van der Waals surface area contributed by atoms with Crippen LogP contribution in [-0.4, -0.2) is 36.8 Å². The van der Waals surface area contributed by atoms with Gasteiger partial charge in [0.25, 0.3) is 5.91 Å². The van der Waals surface area contributed by atoms with Gasteiger partial charge in [-0.2, -0.15) is 0 Å². The van der Waals surface area contributed by atoms with Crippen LogP contribution in [0.2, 0.25) is 0 Å². The third kappa shape index (κ3) is 3.18. The Kier molecular flexibility index (Phi) is 4.39. The second-order valence-corrected chi connectivity index (χ2v) is 6.75. The molecule has 1 amide bonds. The number of rotatable bonds is 3. The number of carbonyl (C=O) groups excluding carboxylic acids is 1. The van der Waals surface area contributed by atoms with Crippen LogP contribution in [0.25, 0.3) is 10.9 Å². The molecule has 0 saturated carbocycles. The first-order chi connectivity index (χ1) is 12.6. The molecule has 0 aliphatic carbocycles. The summed E-state index contributed by atoms with van der Waals surface area (Å²) in [6.07, 6.45) is 0. The van der Waals surface area contributed by atoms with Crippen LogP contribution in [0.1, 0.15) is 16.1 Å². The van der Waals surface area contributed by atoms with Crippen molar-refractivity contribution in [3.8, 4) is 0 Å². The lowest BCUT2D eigenvalue weighted by atomic mass is 10.2. The van der Waals surface area contributed by atoms with E-state index >= 15 is 0 Å². The first-order valence-corrected chi connectivity index (χ1v) is 8.92. The highest BCUT2D eigenvalue weighted by molar-refractivity contribution is 6.06. The largest absolute Gasteiger partial charge is 0.378 e. The van der Waals surface area contributed by atoms with Crippen molar-refractivity contribution in [2.75, 3.05) is 36.5 Å². The van der Waals surface area contributed by atoms with Gasteiger partial charge in [0.05, 0.1) is 13.2 Å². The van der Waals surface area contributed by atoms with E-state index in [0.29, 0.717) is 5.69 Å². The number of aromatic nitrogens is 1. The molecule has 1 aromatic heterocycles. The molecule has 0 unspecified atom stereocenters. The van der Waals surface area contributed by atoms with Crippen LogP contribution in [0.3, 0.4) is 0 Å². The fraction of sp³-hybridized carbons (Fsp3) is 0.286. The molecule has 1 aliphatic rings. The minimum atomic E-state index is -0.0968. The molecule has 1 fully saturated rings. The SMILES string of the molecule is Cc1ccc2c(c1)cc(C(=O)Nc1ccc(N3CCOCC3)cc1)n2C. The molecule has 1 aliphatic heterocycles. The molecular weight excluding hydrogens is 326 g/mol. The summed E-state index contributed by atoms with van der Waals surface area (Å²) < 4.78 is 7.33. The van der Waals surface area contributed by atoms with Crippen LogP contribution in [0.15, 0.2) is 48.5 Å². The summed E-state index contributed by atoms with van der Waals surface area (Å²) in [5.41, 5.74) is 4.86. The number of hydrogen-bond donors (Lipinski definition) is 1. The first kappa shape index (κ1) is 16.7. The van der Waals surface area contributed by atoms with Crippen molar-refractivity contribution >= 4 is 28.2 Å². The topological polar surface area (TPSA) is 46.5 Å². The van der Waals surface area contributed by atoms with Gasteiger partial charge in [-0.3, -0.25) is 4.79 Å². The summed E-state index contributed by atoms with van der Waals surface area (Å²) in [5, 5.41) is 4.09. The number of benzene rings is 2. The lowest BCUT2D eigenvalue weighted by Crippen LogP contribution is -2.36. The highest BCUT2D eigenvalue weighted by Gasteiger charge is 2.15. The maximum absolute atomic E-state index is 12.7. The molecule has 3 aromatic rings. The zero-order valence-corrected chi connectivity index (χ0v) is 15.2. The van der Waals surface area contributed by atoms with Crippen molar-refractivity contribution < 1.29 is 9.53 Å². The lowest BCUT2D eigenvalue weighted by molar-refractivity contribution is 0.101. The van der Waals surface area contributed by atoms with Gasteiger partial charge in [-0.15, -0.1) is 0 Å². The van der Waals surface area contributed by atoms with E-state index in [-0.39, 0.29) is 5.91 Å². The van der Waals surface area contributed by atoms with Crippen molar-refractivity contribution in [1.29, 1.82) is 0 Å². The number of carbonyl (C=O) groups is 1. The van der Waals surface area contributed by atoms with Gasteiger partial charge in [0, 0.05) is 42.4 Å². The highest BCUT2D eigenvalue weighted by atomic mass is 16.5. The summed E-state index contributed by atoms with van der Waals surface area (Å²) in [7, 11) is 1.92. The Morgan fingerprint density at radius 2 is 1.77 bits per heavy atom. The number of fused-ring (bicyclic) bond motifs is 1. The van der Waals surface area contributed by atoms with Crippen LogP contribution in [-0.2, 0) is 11.8 Å². The molecule has 1 N–H and O–H groups in total. The molecule has 0 spiro atoms. The fourth-order valence-electron chi connectivity index (χ4n) is 3.46. The Bertz CT molecular complexity index is 938. The number of amides is 1. The van der Waals surface area contributed by atoms with Crippen molar-refractivity contribution in [1.82, 2.24) is 4.57 Å². The maximum atomic E-state index is 12.7. The molecule has 4 rings (SSSR count). The van der Waals surface area contributed by atoms with Crippen LogP contribution in [0.4, 0.5) is 11.4 Å². The monoisotopic (exact) mass is 349 g/mol. The quantitative estimate of drug-likeness (QED) is 0.786. The molecule has 0 radical (unpaired) electrons. The number of nitrogens with zero attached hydrogens (tertiary/aromatic N) is 2. The lowest BCUT2D eigenvalue weighted by Gasteiger charge is -2.28.